The summed E-state index contributed by atoms with van der Waals surface area (Å²) >= 11 is 0. The molecule has 1 fully saturated rings. The van der Waals surface area contributed by atoms with Crippen LogP contribution < -0.4 is 11.5 Å². The highest BCUT2D eigenvalue weighted by atomic mass is 16.7. The summed E-state index contributed by atoms with van der Waals surface area (Å²) in [6, 6.07) is -1.78. The molecule has 2 bridgehead atoms. The molecule has 108 valence electrons. The summed E-state index contributed by atoms with van der Waals surface area (Å²) in [5.41, 5.74) is 11.0. The minimum atomic E-state index is -0.884. The van der Waals surface area contributed by atoms with Gasteiger partial charge in [-0.15, -0.1) is 6.58 Å². The van der Waals surface area contributed by atoms with E-state index in [1.807, 2.05) is 0 Å². The molecule has 20 heavy (non-hydrogen) atoms. The van der Waals surface area contributed by atoms with Gasteiger partial charge in [0.25, 0.3) is 0 Å². The maximum atomic E-state index is 12.2. The lowest BCUT2D eigenvalue weighted by atomic mass is 9.96. The molecule has 1 saturated heterocycles. The Bertz CT molecular complexity index is 502. The standard InChI is InChI=1S/C12H16N4O4/c1-2-3-20-16-9-6-15(12(16)19)8(11(14)18)4-7(9)5-10(13)17/h2,4,8-9H,1,3,5-6H2,(H2,13,17)(H2,14,18)/t8?,9-/m1/s1. The third-order valence-electron chi connectivity index (χ3n) is 3.22. The van der Waals surface area contributed by atoms with Crippen molar-refractivity contribution in [2.45, 2.75) is 18.5 Å². The van der Waals surface area contributed by atoms with Crippen LogP contribution in [0.4, 0.5) is 4.79 Å². The first-order valence-electron chi connectivity index (χ1n) is 6.07. The minimum absolute atomic E-state index is 0.0521. The number of hydroxylamine groups is 2. The number of nitrogens with zero attached hydrogens (tertiary/aromatic N) is 2. The second-order valence-corrected chi connectivity index (χ2v) is 4.59. The summed E-state index contributed by atoms with van der Waals surface area (Å²) in [7, 11) is 0. The normalized spacial score (nSPS) is 24.6. The third kappa shape index (κ3) is 2.37. The highest BCUT2D eigenvalue weighted by molar-refractivity contribution is 5.90. The Morgan fingerprint density at radius 1 is 1.50 bits per heavy atom. The molecule has 2 aliphatic rings. The summed E-state index contributed by atoms with van der Waals surface area (Å²) < 4.78 is 0. The monoisotopic (exact) mass is 280 g/mol. The predicted octanol–water partition coefficient (Wildman–Crippen LogP) is -1.12. The fourth-order valence-electron chi connectivity index (χ4n) is 2.39. The van der Waals surface area contributed by atoms with Gasteiger partial charge in [-0.3, -0.25) is 14.4 Å². The summed E-state index contributed by atoms with van der Waals surface area (Å²) in [6.45, 7) is 3.88. The van der Waals surface area contributed by atoms with Crippen molar-refractivity contribution in [1.82, 2.24) is 9.96 Å². The van der Waals surface area contributed by atoms with Gasteiger partial charge >= 0.3 is 6.03 Å². The van der Waals surface area contributed by atoms with Gasteiger partial charge in [-0.1, -0.05) is 12.2 Å². The topological polar surface area (TPSA) is 119 Å². The molecule has 0 aromatic rings. The van der Waals surface area contributed by atoms with Gasteiger partial charge in [0.2, 0.25) is 11.8 Å². The van der Waals surface area contributed by atoms with Crippen molar-refractivity contribution >= 4 is 17.8 Å². The van der Waals surface area contributed by atoms with Crippen LogP contribution in [0.3, 0.4) is 0 Å². The van der Waals surface area contributed by atoms with Crippen LogP contribution in [0.2, 0.25) is 0 Å². The van der Waals surface area contributed by atoms with Crippen molar-refractivity contribution in [1.29, 1.82) is 0 Å². The molecule has 2 atom stereocenters. The van der Waals surface area contributed by atoms with Gasteiger partial charge in [0, 0.05) is 6.42 Å². The van der Waals surface area contributed by atoms with Crippen LogP contribution in [0.1, 0.15) is 6.42 Å². The van der Waals surface area contributed by atoms with E-state index < -0.39 is 29.9 Å². The van der Waals surface area contributed by atoms with Crippen molar-refractivity contribution in [3.05, 3.63) is 24.3 Å². The van der Waals surface area contributed by atoms with Crippen molar-refractivity contribution in [2.24, 2.45) is 11.5 Å². The molecule has 4 N–H and O–H groups in total. The highest BCUT2D eigenvalue weighted by Crippen LogP contribution is 2.31. The van der Waals surface area contributed by atoms with Crippen LogP contribution in [0.5, 0.6) is 0 Å². The first kappa shape index (κ1) is 14.1. The van der Waals surface area contributed by atoms with Crippen molar-refractivity contribution in [2.75, 3.05) is 13.2 Å². The van der Waals surface area contributed by atoms with E-state index in [9.17, 15) is 14.4 Å². The zero-order valence-corrected chi connectivity index (χ0v) is 10.8. The SMILES string of the molecule is C=CCON1C(=O)N2C[C@@H]1C(CC(N)=O)=CC2C(N)=O. The van der Waals surface area contributed by atoms with Gasteiger partial charge in [0.05, 0.1) is 13.2 Å². The number of carbonyl (C=O) groups is 3. The van der Waals surface area contributed by atoms with E-state index in [4.69, 9.17) is 16.3 Å². The molecule has 2 heterocycles. The summed E-state index contributed by atoms with van der Waals surface area (Å²) in [5, 5.41) is 1.14. The smallest absolute Gasteiger partial charge is 0.345 e. The maximum Gasteiger partial charge on any atom is 0.345 e. The van der Waals surface area contributed by atoms with E-state index in [-0.39, 0.29) is 19.6 Å². The quantitative estimate of drug-likeness (QED) is 0.599. The van der Waals surface area contributed by atoms with Gasteiger partial charge in [0.1, 0.15) is 12.1 Å². The first-order chi connectivity index (χ1) is 9.45. The Morgan fingerprint density at radius 2 is 2.20 bits per heavy atom. The molecule has 0 aromatic carbocycles. The molecule has 4 amide bonds. The number of rotatable bonds is 6. The summed E-state index contributed by atoms with van der Waals surface area (Å²) in [4.78, 5) is 41.3. The Kier molecular flexibility index (Phi) is 3.75. The lowest BCUT2D eigenvalue weighted by molar-refractivity contribution is -0.121. The van der Waals surface area contributed by atoms with E-state index in [2.05, 4.69) is 6.58 Å². The molecule has 2 rings (SSSR count). The predicted molar refractivity (Wildman–Crippen MR) is 68.8 cm³/mol. The molecule has 8 nitrogen and oxygen atoms in total. The van der Waals surface area contributed by atoms with Gasteiger partial charge in [-0.2, -0.15) is 5.06 Å². The molecular formula is C12H16N4O4. The Morgan fingerprint density at radius 3 is 2.75 bits per heavy atom. The van der Waals surface area contributed by atoms with Crippen LogP contribution in [-0.2, 0) is 14.4 Å². The Balaban J connectivity index is 2.30. The number of primary amides is 2. The molecular weight excluding hydrogens is 264 g/mol. The Hall–Kier alpha value is -2.35. The second kappa shape index (κ2) is 5.33. The largest absolute Gasteiger partial charge is 0.369 e. The number of urea groups is 1. The summed E-state index contributed by atoms with van der Waals surface area (Å²) in [6.07, 6.45) is 2.95. The molecule has 0 saturated carbocycles. The molecule has 0 aliphatic carbocycles. The molecule has 0 aromatic heterocycles. The van der Waals surface area contributed by atoms with Gasteiger partial charge in [-0.05, 0) is 5.57 Å². The summed E-state index contributed by atoms with van der Waals surface area (Å²) in [5.74, 6) is -1.21. The zero-order chi connectivity index (χ0) is 14.9. The molecule has 2 aliphatic heterocycles. The van der Waals surface area contributed by atoms with Crippen molar-refractivity contribution in [3.63, 3.8) is 0 Å². The van der Waals surface area contributed by atoms with Gasteiger partial charge < -0.3 is 16.4 Å². The number of hydrogen-bond acceptors (Lipinski definition) is 4. The molecule has 0 spiro atoms. The average molecular weight is 280 g/mol. The molecule has 8 heteroatoms. The van der Waals surface area contributed by atoms with E-state index in [0.29, 0.717) is 5.57 Å². The van der Waals surface area contributed by atoms with Crippen LogP contribution in [0.25, 0.3) is 0 Å². The number of nitrogens with two attached hydrogens (primary N) is 2. The number of fused-ring (bicyclic) bond motifs is 2. The van der Waals surface area contributed by atoms with Crippen LogP contribution >= 0.6 is 0 Å². The van der Waals surface area contributed by atoms with Crippen molar-refractivity contribution in [3.8, 4) is 0 Å². The number of carbonyl (C=O) groups excluding carboxylic acids is 3. The maximum absolute atomic E-state index is 12.2. The third-order valence-corrected chi connectivity index (χ3v) is 3.22. The number of amides is 4. The van der Waals surface area contributed by atoms with Crippen molar-refractivity contribution < 1.29 is 19.2 Å². The Labute approximate surface area is 115 Å². The van der Waals surface area contributed by atoms with Crippen LogP contribution in [-0.4, -0.2) is 53.0 Å². The van der Waals surface area contributed by atoms with Gasteiger partial charge in [0.15, 0.2) is 0 Å². The fourth-order valence-corrected chi connectivity index (χ4v) is 2.39. The van der Waals surface area contributed by atoms with Gasteiger partial charge in [-0.25, -0.2) is 4.79 Å². The highest BCUT2D eigenvalue weighted by Gasteiger charge is 2.48. The van der Waals surface area contributed by atoms with E-state index >= 15 is 0 Å². The molecule has 0 radical (unpaired) electrons. The minimum Gasteiger partial charge on any atom is -0.369 e. The van der Waals surface area contributed by atoms with Crippen LogP contribution in [0.15, 0.2) is 24.3 Å². The van der Waals surface area contributed by atoms with E-state index in [0.717, 1.165) is 5.06 Å². The average Bonchev–Trinajstić information content (AvgIpc) is 2.64. The van der Waals surface area contributed by atoms with Crippen LogP contribution in [0, 0.1) is 0 Å². The van der Waals surface area contributed by atoms with E-state index in [1.54, 1.807) is 0 Å². The number of hydrogen-bond donors (Lipinski definition) is 2. The lowest BCUT2D eigenvalue weighted by Gasteiger charge is -2.27. The second-order valence-electron chi connectivity index (χ2n) is 4.59. The van der Waals surface area contributed by atoms with E-state index in [1.165, 1.54) is 17.1 Å². The first-order valence-corrected chi connectivity index (χ1v) is 6.07. The fraction of sp³-hybridized carbons (Fsp3) is 0.417. The zero-order valence-electron chi connectivity index (χ0n) is 10.8. The lowest BCUT2D eigenvalue weighted by Crippen LogP contribution is -2.47. The molecule has 1 unspecified atom stereocenters.